The first kappa shape index (κ1) is 12.5. The lowest BCUT2D eigenvalue weighted by atomic mass is 9.97. The Kier molecular flexibility index (Phi) is 3.45. The maximum absolute atomic E-state index is 11.7. The smallest absolute Gasteiger partial charge is 0.163 e. The average Bonchev–Trinajstić information content (AvgIpc) is 2.80. The molecule has 1 aromatic carbocycles. The standard InChI is InChI=1S/C16H20O3/c1-18-15-10-13-11(7-8-14(13)17)9-16(15)19-12-5-3-2-4-6-12/h9-10,12H,2-8H2,1H3. The van der Waals surface area contributed by atoms with Gasteiger partial charge in [-0.15, -0.1) is 0 Å². The number of Topliss-reactive ketones (excluding diaryl/α,β-unsaturated/α-hetero) is 1. The predicted molar refractivity (Wildman–Crippen MR) is 73.1 cm³/mol. The first-order chi connectivity index (χ1) is 9.28. The van der Waals surface area contributed by atoms with Gasteiger partial charge in [-0.2, -0.15) is 0 Å². The lowest BCUT2D eigenvalue weighted by molar-refractivity contribution is 0.0994. The largest absolute Gasteiger partial charge is 0.493 e. The molecule has 3 rings (SSSR count). The topological polar surface area (TPSA) is 35.5 Å². The SMILES string of the molecule is COc1cc2c(cc1OC1CCCCC1)CCC2=O. The Morgan fingerprint density at radius 2 is 1.84 bits per heavy atom. The van der Waals surface area contributed by atoms with Gasteiger partial charge in [-0.1, -0.05) is 6.42 Å². The Hall–Kier alpha value is -1.51. The van der Waals surface area contributed by atoms with E-state index in [1.54, 1.807) is 7.11 Å². The molecular weight excluding hydrogens is 240 g/mol. The van der Waals surface area contributed by atoms with Crippen LogP contribution < -0.4 is 9.47 Å². The maximum Gasteiger partial charge on any atom is 0.163 e. The van der Waals surface area contributed by atoms with Crippen LogP contribution in [0.2, 0.25) is 0 Å². The third-order valence-electron chi connectivity index (χ3n) is 4.16. The van der Waals surface area contributed by atoms with E-state index in [1.165, 1.54) is 19.3 Å². The molecular formula is C16H20O3. The second-order valence-electron chi connectivity index (χ2n) is 5.46. The Morgan fingerprint density at radius 3 is 2.58 bits per heavy atom. The van der Waals surface area contributed by atoms with Crippen LogP contribution in [0, 0.1) is 0 Å². The summed E-state index contributed by atoms with van der Waals surface area (Å²) in [7, 11) is 1.63. The van der Waals surface area contributed by atoms with Crippen molar-refractivity contribution in [3.05, 3.63) is 23.3 Å². The molecule has 0 atom stereocenters. The number of aryl methyl sites for hydroxylation is 1. The Labute approximate surface area is 113 Å². The molecule has 102 valence electrons. The molecule has 19 heavy (non-hydrogen) atoms. The van der Waals surface area contributed by atoms with Crippen LogP contribution in [0.4, 0.5) is 0 Å². The van der Waals surface area contributed by atoms with Gasteiger partial charge in [0.1, 0.15) is 0 Å². The lowest BCUT2D eigenvalue weighted by Crippen LogP contribution is -2.20. The summed E-state index contributed by atoms with van der Waals surface area (Å²) in [5, 5.41) is 0. The molecule has 1 saturated carbocycles. The lowest BCUT2D eigenvalue weighted by Gasteiger charge is -2.24. The van der Waals surface area contributed by atoms with Crippen LogP contribution >= 0.6 is 0 Å². The van der Waals surface area contributed by atoms with Crippen molar-refractivity contribution in [3.8, 4) is 11.5 Å². The molecule has 0 spiro atoms. The Bertz CT molecular complexity index is 487. The minimum atomic E-state index is 0.220. The third kappa shape index (κ3) is 2.46. The van der Waals surface area contributed by atoms with Gasteiger partial charge in [0, 0.05) is 12.0 Å². The van der Waals surface area contributed by atoms with Gasteiger partial charge in [0.15, 0.2) is 17.3 Å². The number of carbonyl (C=O) groups excluding carboxylic acids is 1. The van der Waals surface area contributed by atoms with Gasteiger partial charge in [-0.3, -0.25) is 4.79 Å². The molecule has 0 saturated heterocycles. The second-order valence-corrected chi connectivity index (χ2v) is 5.46. The molecule has 0 N–H and O–H groups in total. The molecule has 1 fully saturated rings. The van der Waals surface area contributed by atoms with Crippen LogP contribution in [0.1, 0.15) is 54.4 Å². The van der Waals surface area contributed by atoms with Gasteiger partial charge in [0.25, 0.3) is 0 Å². The number of hydrogen-bond donors (Lipinski definition) is 0. The van der Waals surface area contributed by atoms with Gasteiger partial charge in [-0.05, 0) is 49.8 Å². The highest BCUT2D eigenvalue weighted by Crippen LogP contribution is 2.36. The quantitative estimate of drug-likeness (QED) is 0.834. The molecule has 0 aromatic heterocycles. The van der Waals surface area contributed by atoms with E-state index in [1.807, 2.05) is 12.1 Å². The molecule has 0 heterocycles. The average molecular weight is 260 g/mol. The van der Waals surface area contributed by atoms with Crippen molar-refractivity contribution in [2.45, 2.75) is 51.0 Å². The van der Waals surface area contributed by atoms with Crippen molar-refractivity contribution >= 4 is 5.78 Å². The fourth-order valence-electron chi connectivity index (χ4n) is 3.07. The highest BCUT2D eigenvalue weighted by atomic mass is 16.5. The molecule has 0 radical (unpaired) electrons. The van der Waals surface area contributed by atoms with E-state index in [0.717, 1.165) is 36.1 Å². The van der Waals surface area contributed by atoms with Crippen LogP contribution in [-0.2, 0) is 6.42 Å². The molecule has 0 amide bonds. The zero-order valence-electron chi connectivity index (χ0n) is 11.4. The van der Waals surface area contributed by atoms with E-state index in [2.05, 4.69) is 0 Å². The summed E-state index contributed by atoms with van der Waals surface area (Å²) in [4.78, 5) is 11.7. The number of carbonyl (C=O) groups is 1. The monoisotopic (exact) mass is 260 g/mol. The van der Waals surface area contributed by atoms with E-state index in [-0.39, 0.29) is 5.78 Å². The number of ketones is 1. The molecule has 3 heteroatoms. The highest BCUT2D eigenvalue weighted by molar-refractivity contribution is 6.01. The molecule has 3 nitrogen and oxygen atoms in total. The number of rotatable bonds is 3. The van der Waals surface area contributed by atoms with Crippen molar-refractivity contribution < 1.29 is 14.3 Å². The summed E-state index contributed by atoms with van der Waals surface area (Å²) in [6, 6.07) is 3.86. The van der Waals surface area contributed by atoms with Crippen molar-refractivity contribution in [2.75, 3.05) is 7.11 Å². The van der Waals surface area contributed by atoms with E-state index in [9.17, 15) is 4.79 Å². The summed E-state index contributed by atoms with van der Waals surface area (Å²) < 4.78 is 11.5. The molecule has 2 aliphatic carbocycles. The van der Waals surface area contributed by atoms with Crippen molar-refractivity contribution in [3.63, 3.8) is 0 Å². The van der Waals surface area contributed by atoms with E-state index >= 15 is 0 Å². The first-order valence-electron chi connectivity index (χ1n) is 7.18. The summed E-state index contributed by atoms with van der Waals surface area (Å²) in [5.74, 6) is 1.72. The number of benzene rings is 1. The first-order valence-corrected chi connectivity index (χ1v) is 7.18. The summed E-state index contributed by atoms with van der Waals surface area (Å²) in [5.41, 5.74) is 1.92. The fourth-order valence-corrected chi connectivity index (χ4v) is 3.07. The van der Waals surface area contributed by atoms with Gasteiger partial charge in [0.05, 0.1) is 13.2 Å². The maximum atomic E-state index is 11.7. The Morgan fingerprint density at radius 1 is 1.05 bits per heavy atom. The minimum Gasteiger partial charge on any atom is -0.493 e. The fraction of sp³-hybridized carbons (Fsp3) is 0.562. The van der Waals surface area contributed by atoms with E-state index in [0.29, 0.717) is 18.3 Å². The molecule has 0 bridgehead atoms. The van der Waals surface area contributed by atoms with Gasteiger partial charge >= 0.3 is 0 Å². The van der Waals surface area contributed by atoms with E-state index in [4.69, 9.17) is 9.47 Å². The summed E-state index contributed by atoms with van der Waals surface area (Å²) in [6.07, 6.45) is 7.81. The highest BCUT2D eigenvalue weighted by Gasteiger charge is 2.24. The number of ether oxygens (including phenoxy) is 2. The Balaban J connectivity index is 1.85. The van der Waals surface area contributed by atoms with Crippen LogP contribution in [0.15, 0.2) is 12.1 Å². The summed E-state index contributed by atoms with van der Waals surface area (Å²) >= 11 is 0. The number of hydrogen-bond acceptors (Lipinski definition) is 3. The molecule has 2 aliphatic rings. The van der Waals surface area contributed by atoms with E-state index < -0.39 is 0 Å². The third-order valence-corrected chi connectivity index (χ3v) is 4.16. The van der Waals surface area contributed by atoms with Crippen LogP contribution in [0.5, 0.6) is 11.5 Å². The number of methoxy groups -OCH3 is 1. The van der Waals surface area contributed by atoms with Gasteiger partial charge < -0.3 is 9.47 Å². The molecule has 1 aromatic rings. The molecule has 0 aliphatic heterocycles. The normalized spacial score (nSPS) is 19.3. The second kappa shape index (κ2) is 5.24. The molecule has 0 unspecified atom stereocenters. The van der Waals surface area contributed by atoms with Gasteiger partial charge in [0.2, 0.25) is 0 Å². The van der Waals surface area contributed by atoms with Gasteiger partial charge in [-0.25, -0.2) is 0 Å². The minimum absolute atomic E-state index is 0.220. The van der Waals surface area contributed by atoms with Crippen molar-refractivity contribution in [2.24, 2.45) is 0 Å². The zero-order chi connectivity index (χ0) is 13.2. The van der Waals surface area contributed by atoms with Crippen molar-refractivity contribution in [1.82, 2.24) is 0 Å². The van der Waals surface area contributed by atoms with Crippen LogP contribution in [-0.4, -0.2) is 19.0 Å². The van der Waals surface area contributed by atoms with Crippen LogP contribution in [0.3, 0.4) is 0 Å². The van der Waals surface area contributed by atoms with Crippen LogP contribution in [0.25, 0.3) is 0 Å². The predicted octanol–water partition coefficient (Wildman–Crippen LogP) is 3.54. The summed E-state index contributed by atoms with van der Waals surface area (Å²) in [6.45, 7) is 0. The zero-order valence-corrected chi connectivity index (χ0v) is 11.4. The van der Waals surface area contributed by atoms with Crippen molar-refractivity contribution in [1.29, 1.82) is 0 Å². The number of fused-ring (bicyclic) bond motifs is 1.